The van der Waals surface area contributed by atoms with Crippen LogP contribution in [0.4, 0.5) is 10.1 Å². The summed E-state index contributed by atoms with van der Waals surface area (Å²) < 4.78 is 24.6. The second-order valence-electron chi connectivity index (χ2n) is 7.23. The average molecular weight is 386 g/mol. The van der Waals surface area contributed by atoms with Crippen molar-refractivity contribution in [2.24, 2.45) is 0 Å². The van der Waals surface area contributed by atoms with E-state index >= 15 is 0 Å². The van der Waals surface area contributed by atoms with Crippen LogP contribution in [0, 0.1) is 5.82 Å². The van der Waals surface area contributed by atoms with Gasteiger partial charge in [-0.25, -0.2) is 9.37 Å². The van der Waals surface area contributed by atoms with Crippen LogP contribution in [0.3, 0.4) is 0 Å². The van der Waals surface area contributed by atoms with Crippen LogP contribution < -0.4 is 14.4 Å². The highest BCUT2D eigenvalue weighted by molar-refractivity contribution is 5.97. The SMILES string of the molecule is CN(C)c1cc(-c2cccc(F)c2)nc2ccc(-c3ccc4c(c3)OCO4)cc12. The van der Waals surface area contributed by atoms with Crippen molar-refractivity contribution in [3.8, 4) is 33.9 Å². The highest BCUT2D eigenvalue weighted by Gasteiger charge is 2.15. The number of aromatic nitrogens is 1. The summed E-state index contributed by atoms with van der Waals surface area (Å²) in [5, 5.41) is 1.03. The van der Waals surface area contributed by atoms with Gasteiger partial charge < -0.3 is 14.4 Å². The van der Waals surface area contributed by atoms with Crippen LogP contribution in [0.25, 0.3) is 33.3 Å². The minimum Gasteiger partial charge on any atom is -0.454 e. The van der Waals surface area contributed by atoms with Crippen molar-refractivity contribution in [2.75, 3.05) is 25.8 Å². The number of halogens is 1. The second-order valence-corrected chi connectivity index (χ2v) is 7.23. The predicted molar refractivity (Wildman–Crippen MR) is 113 cm³/mol. The minimum atomic E-state index is -0.269. The van der Waals surface area contributed by atoms with Crippen LogP contribution in [0.15, 0.2) is 66.7 Å². The molecule has 5 heteroatoms. The van der Waals surface area contributed by atoms with Crippen LogP contribution in [0.5, 0.6) is 11.5 Å². The number of anilines is 1. The lowest BCUT2D eigenvalue weighted by molar-refractivity contribution is 0.174. The first-order valence-electron chi connectivity index (χ1n) is 9.36. The summed E-state index contributed by atoms with van der Waals surface area (Å²) >= 11 is 0. The molecule has 0 saturated carbocycles. The summed E-state index contributed by atoms with van der Waals surface area (Å²) in [6, 6.07) is 20.7. The summed E-state index contributed by atoms with van der Waals surface area (Å²) in [6.07, 6.45) is 0. The van der Waals surface area contributed by atoms with Crippen molar-refractivity contribution in [3.05, 3.63) is 72.5 Å². The summed E-state index contributed by atoms with van der Waals surface area (Å²) in [4.78, 5) is 6.84. The van der Waals surface area contributed by atoms with E-state index in [4.69, 9.17) is 14.5 Å². The first kappa shape index (κ1) is 17.5. The first-order valence-corrected chi connectivity index (χ1v) is 9.36. The molecule has 0 aliphatic carbocycles. The normalized spacial score (nSPS) is 12.4. The summed E-state index contributed by atoms with van der Waals surface area (Å²) in [6.45, 7) is 0.258. The Morgan fingerprint density at radius 3 is 2.45 bits per heavy atom. The molecule has 5 rings (SSSR count). The van der Waals surface area contributed by atoms with E-state index in [0.717, 1.165) is 50.5 Å². The number of hydrogen-bond acceptors (Lipinski definition) is 4. The largest absolute Gasteiger partial charge is 0.454 e. The number of pyridine rings is 1. The van der Waals surface area contributed by atoms with Crippen molar-refractivity contribution in [2.45, 2.75) is 0 Å². The molecule has 144 valence electrons. The monoisotopic (exact) mass is 386 g/mol. The predicted octanol–water partition coefficient (Wildman–Crippen LogP) is 5.50. The molecular weight excluding hydrogens is 367 g/mol. The molecule has 3 aromatic carbocycles. The Hall–Kier alpha value is -3.60. The molecule has 0 unspecified atom stereocenters. The Labute approximate surface area is 168 Å². The lowest BCUT2D eigenvalue weighted by Gasteiger charge is -2.18. The molecule has 0 N–H and O–H groups in total. The van der Waals surface area contributed by atoms with Crippen LogP contribution in [0.1, 0.15) is 0 Å². The molecule has 29 heavy (non-hydrogen) atoms. The van der Waals surface area contributed by atoms with Crippen LogP contribution in [-0.2, 0) is 0 Å². The molecular formula is C24H19FN2O2. The van der Waals surface area contributed by atoms with Gasteiger partial charge in [-0.3, -0.25) is 0 Å². The molecule has 1 aliphatic heterocycles. The highest BCUT2D eigenvalue weighted by Crippen LogP contribution is 2.38. The van der Waals surface area contributed by atoms with Gasteiger partial charge in [-0.1, -0.05) is 24.3 Å². The summed E-state index contributed by atoms with van der Waals surface area (Å²) in [5.41, 5.74) is 5.51. The van der Waals surface area contributed by atoms with E-state index in [1.807, 2.05) is 56.6 Å². The molecule has 2 heterocycles. The molecule has 1 aliphatic rings. The Kier molecular flexibility index (Phi) is 4.09. The van der Waals surface area contributed by atoms with Gasteiger partial charge >= 0.3 is 0 Å². The maximum atomic E-state index is 13.7. The Bertz CT molecular complexity index is 1240. The van der Waals surface area contributed by atoms with Crippen molar-refractivity contribution < 1.29 is 13.9 Å². The maximum absolute atomic E-state index is 13.7. The Morgan fingerprint density at radius 1 is 0.828 bits per heavy atom. The molecule has 1 aromatic heterocycles. The minimum absolute atomic E-state index is 0.258. The number of rotatable bonds is 3. The van der Waals surface area contributed by atoms with E-state index in [1.165, 1.54) is 12.1 Å². The van der Waals surface area contributed by atoms with E-state index in [9.17, 15) is 4.39 Å². The molecule has 4 nitrogen and oxygen atoms in total. The van der Waals surface area contributed by atoms with Gasteiger partial charge in [-0.05, 0) is 53.6 Å². The van der Waals surface area contributed by atoms with Crippen molar-refractivity contribution in [1.82, 2.24) is 4.98 Å². The second kappa shape index (κ2) is 6.78. The molecule has 0 atom stereocenters. The highest BCUT2D eigenvalue weighted by atomic mass is 19.1. The Morgan fingerprint density at radius 2 is 1.62 bits per heavy atom. The number of hydrogen-bond donors (Lipinski definition) is 0. The van der Waals surface area contributed by atoms with Gasteiger partial charge in [0.05, 0.1) is 11.2 Å². The lowest BCUT2D eigenvalue weighted by atomic mass is 10.0. The molecule has 0 spiro atoms. The van der Waals surface area contributed by atoms with Crippen LogP contribution in [-0.4, -0.2) is 25.9 Å². The van der Waals surface area contributed by atoms with Crippen LogP contribution in [0.2, 0.25) is 0 Å². The standard InChI is InChI=1S/C24H19FN2O2/c1-27(2)22-13-21(17-4-3-5-18(25)10-17)26-20-8-6-15(11-19(20)22)16-7-9-23-24(12-16)29-14-28-23/h3-13H,14H2,1-2H3. The van der Waals surface area contributed by atoms with Crippen molar-refractivity contribution in [1.29, 1.82) is 0 Å². The van der Waals surface area contributed by atoms with Gasteiger partial charge in [0.15, 0.2) is 11.5 Å². The number of benzene rings is 3. The van der Waals surface area contributed by atoms with E-state index in [1.54, 1.807) is 6.07 Å². The molecule has 0 fully saturated rings. The fourth-order valence-corrected chi connectivity index (χ4v) is 3.63. The van der Waals surface area contributed by atoms with Gasteiger partial charge in [0.1, 0.15) is 5.82 Å². The zero-order chi connectivity index (χ0) is 20.0. The summed E-state index contributed by atoms with van der Waals surface area (Å²) in [5.74, 6) is 1.26. The molecule has 0 bridgehead atoms. The van der Waals surface area contributed by atoms with Crippen molar-refractivity contribution in [3.63, 3.8) is 0 Å². The van der Waals surface area contributed by atoms with Crippen LogP contribution >= 0.6 is 0 Å². The first-order chi connectivity index (χ1) is 14.1. The third kappa shape index (κ3) is 3.14. The van der Waals surface area contributed by atoms with E-state index < -0.39 is 0 Å². The summed E-state index contributed by atoms with van der Waals surface area (Å²) in [7, 11) is 3.99. The lowest BCUT2D eigenvalue weighted by Crippen LogP contribution is -2.10. The molecule has 0 radical (unpaired) electrons. The van der Waals surface area contributed by atoms with Gasteiger partial charge in [0, 0.05) is 30.7 Å². The van der Waals surface area contributed by atoms with Gasteiger partial charge in [0.25, 0.3) is 0 Å². The van der Waals surface area contributed by atoms with Gasteiger partial charge in [-0.2, -0.15) is 0 Å². The molecule has 4 aromatic rings. The maximum Gasteiger partial charge on any atom is 0.231 e. The molecule has 0 amide bonds. The number of fused-ring (bicyclic) bond motifs is 2. The van der Waals surface area contributed by atoms with E-state index in [2.05, 4.69) is 11.0 Å². The zero-order valence-corrected chi connectivity index (χ0v) is 16.1. The zero-order valence-electron chi connectivity index (χ0n) is 16.1. The third-order valence-electron chi connectivity index (χ3n) is 5.09. The smallest absolute Gasteiger partial charge is 0.231 e. The fourth-order valence-electron chi connectivity index (χ4n) is 3.63. The number of ether oxygens (including phenoxy) is 2. The van der Waals surface area contributed by atoms with E-state index in [0.29, 0.717) is 0 Å². The molecule has 0 saturated heterocycles. The number of nitrogens with zero attached hydrogens (tertiary/aromatic N) is 2. The van der Waals surface area contributed by atoms with E-state index in [-0.39, 0.29) is 12.6 Å². The van der Waals surface area contributed by atoms with Gasteiger partial charge in [0.2, 0.25) is 6.79 Å². The third-order valence-corrected chi connectivity index (χ3v) is 5.09. The average Bonchev–Trinajstić information content (AvgIpc) is 3.20. The van der Waals surface area contributed by atoms with Crippen molar-refractivity contribution >= 4 is 16.6 Å². The quantitative estimate of drug-likeness (QED) is 0.465. The van der Waals surface area contributed by atoms with Gasteiger partial charge in [-0.15, -0.1) is 0 Å². The fraction of sp³-hybridized carbons (Fsp3) is 0.125. The topological polar surface area (TPSA) is 34.6 Å². The Balaban J connectivity index is 1.66.